The van der Waals surface area contributed by atoms with E-state index >= 15 is 0 Å². The van der Waals surface area contributed by atoms with Crippen LogP contribution in [0.5, 0.6) is 0 Å². The van der Waals surface area contributed by atoms with Gasteiger partial charge in [-0.25, -0.2) is 9.59 Å². The lowest BCUT2D eigenvalue weighted by Gasteiger charge is -2.30. The minimum absolute atomic E-state index is 0.233. The third kappa shape index (κ3) is 13.1. The number of nitrogens with one attached hydrogen (secondary N) is 2. The second-order valence-electron chi connectivity index (χ2n) is 11.2. The van der Waals surface area contributed by atoms with E-state index in [-0.39, 0.29) is 24.3 Å². The molecular formula is C24H48N4O4. The first-order valence-corrected chi connectivity index (χ1v) is 12.2. The van der Waals surface area contributed by atoms with Gasteiger partial charge in [0.15, 0.2) is 0 Å². The molecule has 0 aromatic heterocycles. The molecule has 188 valence electrons. The summed E-state index contributed by atoms with van der Waals surface area (Å²) in [6.45, 7) is 12.7. The molecule has 2 fully saturated rings. The first kappa shape index (κ1) is 28.5. The molecule has 0 heterocycles. The molecule has 2 aliphatic rings. The van der Waals surface area contributed by atoms with Gasteiger partial charge in [-0.05, 0) is 105 Å². The number of carbonyl (C=O) groups is 2. The first-order chi connectivity index (χ1) is 14.8. The lowest BCUT2D eigenvalue weighted by molar-refractivity contribution is 0.0473. The van der Waals surface area contributed by atoms with E-state index in [2.05, 4.69) is 10.6 Å². The Labute approximate surface area is 194 Å². The van der Waals surface area contributed by atoms with Gasteiger partial charge in [-0.2, -0.15) is 0 Å². The van der Waals surface area contributed by atoms with Gasteiger partial charge in [0.1, 0.15) is 11.2 Å². The molecule has 8 heteroatoms. The van der Waals surface area contributed by atoms with Crippen molar-refractivity contribution in [1.29, 1.82) is 0 Å². The molecule has 32 heavy (non-hydrogen) atoms. The van der Waals surface area contributed by atoms with E-state index in [9.17, 15) is 9.59 Å². The maximum atomic E-state index is 11.6. The fourth-order valence-corrected chi connectivity index (χ4v) is 4.22. The van der Waals surface area contributed by atoms with Crippen LogP contribution in [0.1, 0.15) is 92.9 Å². The minimum atomic E-state index is -0.425. The van der Waals surface area contributed by atoms with Crippen LogP contribution in [0.3, 0.4) is 0 Å². The summed E-state index contributed by atoms with van der Waals surface area (Å²) in [4.78, 5) is 23.1. The minimum Gasteiger partial charge on any atom is -0.444 e. The smallest absolute Gasteiger partial charge is 0.407 e. The Bertz CT molecular complexity index is 521. The molecule has 0 radical (unpaired) electrons. The van der Waals surface area contributed by atoms with Crippen molar-refractivity contribution >= 4 is 12.2 Å². The molecule has 0 aliphatic heterocycles. The molecule has 2 amide bonds. The Morgan fingerprint density at radius 1 is 0.719 bits per heavy atom. The summed E-state index contributed by atoms with van der Waals surface area (Å²) in [7, 11) is 0. The summed E-state index contributed by atoms with van der Waals surface area (Å²) < 4.78 is 10.5. The quantitative estimate of drug-likeness (QED) is 0.505. The zero-order chi connectivity index (χ0) is 24.4. The normalized spacial score (nSPS) is 26.2. The van der Waals surface area contributed by atoms with Crippen molar-refractivity contribution in [3.8, 4) is 0 Å². The summed E-state index contributed by atoms with van der Waals surface area (Å²) in [6, 6.07) is 0.467. The average molecular weight is 457 g/mol. The van der Waals surface area contributed by atoms with Crippen molar-refractivity contribution in [3.63, 3.8) is 0 Å². The predicted octanol–water partition coefficient (Wildman–Crippen LogP) is 4.06. The predicted molar refractivity (Wildman–Crippen MR) is 128 cm³/mol. The fraction of sp³-hybridized carbons (Fsp3) is 0.917. The lowest BCUT2D eigenvalue weighted by atomic mass is 9.86. The third-order valence-corrected chi connectivity index (χ3v) is 5.67. The molecule has 4 atom stereocenters. The molecule has 2 rings (SSSR count). The Morgan fingerprint density at radius 3 is 1.34 bits per heavy atom. The van der Waals surface area contributed by atoms with Crippen molar-refractivity contribution in [1.82, 2.24) is 10.6 Å². The van der Waals surface area contributed by atoms with Crippen LogP contribution in [0.2, 0.25) is 0 Å². The monoisotopic (exact) mass is 456 g/mol. The van der Waals surface area contributed by atoms with Gasteiger partial charge in [-0.15, -0.1) is 0 Å². The molecule has 0 aromatic rings. The van der Waals surface area contributed by atoms with Gasteiger partial charge in [-0.1, -0.05) is 12.8 Å². The van der Waals surface area contributed by atoms with Crippen molar-refractivity contribution in [2.75, 3.05) is 13.1 Å². The molecule has 0 unspecified atom stereocenters. The average Bonchev–Trinajstić information content (AvgIpc) is 2.65. The number of ether oxygens (including phenoxy) is 2. The van der Waals surface area contributed by atoms with Crippen molar-refractivity contribution in [2.45, 2.75) is 116 Å². The zero-order valence-corrected chi connectivity index (χ0v) is 21.2. The van der Waals surface area contributed by atoms with Crippen LogP contribution in [0.25, 0.3) is 0 Å². The Hall–Kier alpha value is -1.54. The van der Waals surface area contributed by atoms with E-state index < -0.39 is 11.2 Å². The fourth-order valence-electron chi connectivity index (χ4n) is 4.22. The van der Waals surface area contributed by atoms with E-state index in [1.165, 1.54) is 12.8 Å². The molecule has 2 aliphatic carbocycles. The van der Waals surface area contributed by atoms with Crippen LogP contribution in [-0.4, -0.2) is 48.6 Å². The number of alkyl carbamates (subject to hydrolysis) is 2. The van der Waals surface area contributed by atoms with Crippen molar-refractivity contribution in [3.05, 3.63) is 0 Å². The molecule has 0 bridgehead atoms. The van der Waals surface area contributed by atoms with Crippen LogP contribution in [0.15, 0.2) is 0 Å². The lowest BCUT2D eigenvalue weighted by Crippen LogP contribution is -2.42. The molecule has 8 nitrogen and oxygen atoms in total. The van der Waals surface area contributed by atoms with Gasteiger partial charge < -0.3 is 31.6 Å². The summed E-state index contributed by atoms with van der Waals surface area (Å²) in [5.74, 6) is 1.10. The summed E-state index contributed by atoms with van der Waals surface area (Å²) in [5, 5.41) is 5.85. The Kier molecular flexibility index (Phi) is 11.8. The molecule has 0 aromatic carbocycles. The molecule has 0 spiro atoms. The Balaban J connectivity index is 0.000000320. The van der Waals surface area contributed by atoms with Crippen LogP contribution < -0.4 is 22.1 Å². The second-order valence-corrected chi connectivity index (χ2v) is 11.2. The van der Waals surface area contributed by atoms with Gasteiger partial charge in [0.05, 0.1) is 0 Å². The molecule has 0 saturated heterocycles. The SMILES string of the molecule is CC(C)(C)OC(=O)N[C@@H]1CCC[C@H](CN)C1.CC(C)(C)OC(=O)N[C@H]1CCC[C@@H](CN)C1. The first-order valence-electron chi connectivity index (χ1n) is 12.2. The highest BCUT2D eigenvalue weighted by Crippen LogP contribution is 2.24. The summed E-state index contributed by atoms with van der Waals surface area (Å²) in [6.07, 6.45) is 8.07. The molecule has 6 N–H and O–H groups in total. The number of hydrogen-bond donors (Lipinski definition) is 4. The second kappa shape index (κ2) is 13.2. The van der Waals surface area contributed by atoms with Crippen molar-refractivity contribution in [2.24, 2.45) is 23.3 Å². The van der Waals surface area contributed by atoms with Gasteiger partial charge >= 0.3 is 12.2 Å². The highest BCUT2D eigenvalue weighted by atomic mass is 16.6. The van der Waals surface area contributed by atoms with E-state index in [4.69, 9.17) is 20.9 Å². The van der Waals surface area contributed by atoms with E-state index in [0.717, 1.165) is 38.5 Å². The van der Waals surface area contributed by atoms with E-state index in [0.29, 0.717) is 24.9 Å². The largest absolute Gasteiger partial charge is 0.444 e. The summed E-state index contributed by atoms with van der Waals surface area (Å²) in [5.41, 5.74) is 10.5. The number of amides is 2. The number of nitrogens with two attached hydrogens (primary N) is 2. The van der Waals surface area contributed by atoms with E-state index in [1.54, 1.807) is 0 Å². The molecule has 2 saturated carbocycles. The van der Waals surface area contributed by atoms with Crippen molar-refractivity contribution < 1.29 is 19.1 Å². The standard InChI is InChI=1S/2C12H24N2O2/c2*1-12(2,3)16-11(15)14-10-6-4-5-9(7-10)8-13/h2*9-10H,4-8,13H2,1-3H3,(H,14,15)/t2*9-,10+/m10/s1. The van der Waals surface area contributed by atoms with Crippen LogP contribution in [0.4, 0.5) is 9.59 Å². The number of hydrogen-bond acceptors (Lipinski definition) is 6. The van der Waals surface area contributed by atoms with Gasteiger partial charge in [-0.3, -0.25) is 0 Å². The number of carbonyl (C=O) groups excluding carboxylic acids is 2. The third-order valence-electron chi connectivity index (χ3n) is 5.67. The molecular weight excluding hydrogens is 408 g/mol. The van der Waals surface area contributed by atoms with Crippen LogP contribution in [-0.2, 0) is 9.47 Å². The maximum absolute atomic E-state index is 11.6. The topological polar surface area (TPSA) is 129 Å². The van der Waals surface area contributed by atoms with E-state index in [1.807, 2.05) is 41.5 Å². The highest BCUT2D eigenvalue weighted by Gasteiger charge is 2.25. The van der Waals surface area contributed by atoms with Gasteiger partial charge in [0, 0.05) is 12.1 Å². The highest BCUT2D eigenvalue weighted by molar-refractivity contribution is 5.68. The zero-order valence-electron chi connectivity index (χ0n) is 21.2. The maximum Gasteiger partial charge on any atom is 0.407 e. The van der Waals surface area contributed by atoms with Crippen LogP contribution in [0, 0.1) is 11.8 Å². The van der Waals surface area contributed by atoms with Gasteiger partial charge in [0.2, 0.25) is 0 Å². The Morgan fingerprint density at radius 2 is 1.06 bits per heavy atom. The number of rotatable bonds is 4. The van der Waals surface area contributed by atoms with Gasteiger partial charge in [0.25, 0.3) is 0 Å². The summed E-state index contributed by atoms with van der Waals surface area (Å²) >= 11 is 0. The van der Waals surface area contributed by atoms with Crippen LogP contribution >= 0.6 is 0 Å².